The number of aromatic nitrogens is 4. The molecule has 9 heteroatoms. The molecule has 23 heavy (non-hydrogen) atoms. The van der Waals surface area contributed by atoms with Crippen LogP contribution in [-0.4, -0.2) is 26.4 Å². The van der Waals surface area contributed by atoms with E-state index in [4.69, 9.17) is 11.0 Å². The summed E-state index contributed by atoms with van der Waals surface area (Å²) in [6.45, 7) is -1.28. The topological polar surface area (TPSA) is 102 Å². The van der Waals surface area contributed by atoms with Crippen LogP contribution in [0.1, 0.15) is 11.3 Å². The number of hydrogen-bond acceptors (Lipinski definition) is 6. The van der Waals surface area contributed by atoms with E-state index in [0.29, 0.717) is 11.2 Å². The van der Waals surface area contributed by atoms with Crippen molar-refractivity contribution in [2.45, 2.75) is 13.5 Å². The lowest BCUT2D eigenvalue weighted by atomic mass is 10.1. The Morgan fingerprint density at radius 3 is 2.78 bits per heavy atom. The second-order valence-corrected chi connectivity index (χ2v) is 4.69. The number of nitriles is 1. The number of aryl methyl sites for hydroxylation is 1. The van der Waals surface area contributed by atoms with Crippen LogP contribution in [0.3, 0.4) is 0 Å². The van der Waals surface area contributed by atoms with Gasteiger partial charge in [-0.15, -0.1) is 10.2 Å². The maximum absolute atomic E-state index is 12.7. The summed E-state index contributed by atoms with van der Waals surface area (Å²) in [4.78, 5) is 0. The van der Waals surface area contributed by atoms with Crippen molar-refractivity contribution in [3.05, 3.63) is 35.5 Å². The van der Waals surface area contributed by atoms with E-state index >= 15 is 0 Å². The average Bonchev–Trinajstić information content (AvgIpc) is 2.90. The first kappa shape index (κ1) is 14.6. The largest absolute Gasteiger partial charge is 0.434 e. The zero-order chi connectivity index (χ0) is 16.6. The van der Waals surface area contributed by atoms with Gasteiger partial charge in [0.2, 0.25) is 5.95 Å². The van der Waals surface area contributed by atoms with Crippen LogP contribution in [0.4, 0.5) is 14.7 Å². The van der Waals surface area contributed by atoms with E-state index < -0.39 is 6.61 Å². The quantitative estimate of drug-likeness (QED) is 0.794. The molecule has 0 aliphatic rings. The van der Waals surface area contributed by atoms with Crippen LogP contribution in [0, 0.1) is 18.3 Å². The van der Waals surface area contributed by atoms with Crippen LogP contribution >= 0.6 is 0 Å². The van der Waals surface area contributed by atoms with Gasteiger partial charge in [-0.05, 0) is 31.2 Å². The first-order valence-electron chi connectivity index (χ1n) is 6.47. The van der Waals surface area contributed by atoms with Crippen molar-refractivity contribution in [2.24, 2.45) is 0 Å². The fourth-order valence-corrected chi connectivity index (χ4v) is 2.21. The van der Waals surface area contributed by atoms with Crippen LogP contribution in [-0.2, 0) is 0 Å². The smallest absolute Gasteiger partial charge is 0.387 e. The van der Waals surface area contributed by atoms with Crippen molar-refractivity contribution in [3.63, 3.8) is 0 Å². The van der Waals surface area contributed by atoms with Gasteiger partial charge in [-0.25, -0.2) is 0 Å². The van der Waals surface area contributed by atoms with Crippen molar-refractivity contribution < 1.29 is 13.5 Å². The van der Waals surface area contributed by atoms with Gasteiger partial charge in [0.1, 0.15) is 11.4 Å². The molecule has 2 heterocycles. The number of rotatable bonds is 3. The highest BCUT2D eigenvalue weighted by atomic mass is 19.3. The van der Waals surface area contributed by atoms with Crippen LogP contribution in [0.15, 0.2) is 24.3 Å². The molecule has 0 aliphatic heterocycles. The predicted octanol–water partition coefficient (Wildman–Crippen LogP) is 2.15. The Labute approximate surface area is 128 Å². The molecule has 0 saturated heterocycles. The van der Waals surface area contributed by atoms with Gasteiger partial charge in [0.25, 0.3) is 0 Å². The molecule has 1 aromatic carbocycles. The van der Waals surface area contributed by atoms with E-state index in [9.17, 15) is 8.78 Å². The van der Waals surface area contributed by atoms with Crippen LogP contribution in [0.25, 0.3) is 16.8 Å². The molecule has 0 spiro atoms. The van der Waals surface area contributed by atoms with E-state index in [1.54, 1.807) is 13.0 Å². The molecule has 2 N–H and O–H groups in total. The third kappa shape index (κ3) is 2.62. The number of anilines is 1. The first-order valence-corrected chi connectivity index (χ1v) is 6.47. The van der Waals surface area contributed by atoms with E-state index in [1.807, 2.05) is 6.07 Å². The molecule has 0 bridgehead atoms. The van der Waals surface area contributed by atoms with Crippen LogP contribution in [0.5, 0.6) is 5.75 Å². The van der Waals surface area contributed by atoms with Crippen molar-refractivity contribution in [2.75, 3.05) is 5.73 Å². The van der Waals surface area contributed by atoms with Gasteiger partial charge in [0.05, 0.1) is 22.8 Å². The zero-order valence-electron chi connectivity index (χ0n) is 11.9. The molecule has 0 unspecified atom stereocenters. The lowest BCUT2D eigenvalue weighted by molar-refractivity contribution is -0.0494. The summed E-state index contributed by atoms with van der Waals surface area (Å²) in [6, 6.07) is 7.74. The summed E-state index contributed by atoms with van der Waals surface area (Å²) in [5.41, 5.74) is 7.61. The Bertz CT molecular complexity index is 931. The molecule has 7 nitrogen and oxygen atoms in total. The number of fused-ring (bicyclic) bond motifs is 1. The van der Waals surface area contributed by atoms with Gasteiger partial charge in [0.15, 0.2) is 0 Å². The molecule has 116 valence electrons. The summed E-state index contributed by atoms with van der Waals surface area (Å²) in [7, 11) is 0. The Balaban J connectivity index is 2.26. The number of nitrogen functional groups attached to an aromatic ring is 1. The third-order valence-electron chi connectivity index (χ3n) is 3.13. The fourth-order valence-electron chi connectivity index (χ4n) is 2.21. The highest BCUT2D eigenvalue weighted by Crippen LogP contribution is 2.33. The molecular weight excluding hydrogens is 306 g/mol. The molecular formula is C14H10F2N6O. The van der Waals surface area contributed by atoms with Gasteiger partial charge in [-0.2, -0.15) is 23.7 Å². The molecule has 0 amide bonds. The Morgan fingerprint density at radius 1 is 1.30 bits per heavy atom. The zero-order valence-corrected chi connectivity index (χ0v) is 11.9. The van der Waals surface area contributed by atoms with Gasteiger partial charge >= 0.3 is 6.61 Å². The number of hydrogen-bond donors (Lipinski definition) is 1. The maximum atomic E-state index is 12.7. The SMILES string of the molecule is Cc1cc2c(-c3ccc(C#N)cc3OC(F)F)nnc(N)n2n1. The molecule has 3 aromatic rings. The minimum atomic E-state index is -3.04. The average molecular weight is 316 g/mol. The van der Waals surface area contributed by atoms with Crippen molar-refractivity contribution >= 4 is 11.5 Å². The summed E-state index contributed by atoms with van der Waals surface area (Å²) >= 11 is 0. The summed E-state index contributed by atoms with van der Waals surface area (Å²) in [5, 5.41) is 20.8. The maximum Gasteiger partial charge on any atom is 0.387 e. The Morgan fingerprint density at radius 2 is 2.09 bits per heavy atom. The highest BCUT2D eigenvalue weighted by Gasteiger charge is 2.18. The van der Waals surface area contributed by atoms with Gasteiger partial charge in [-0.3, -0.25) is 0 Å². The van der Waals surface area contributed by atoms with Gasteiger partial charge in [0, 0.05) is 5.56 Å². The predicted molar refractivity (Wildman–Crippen MR) is 76.7 cm³/mol. The van der Waals surface area contributed by atoms with Gasteiger partial charge in [-0.1, -0.05) is 0 Å². The molecule has 0 fully saturated rings. The standard InChI is InChI=1S/C14H10F2N6O/c1-7-4-10-12(19-20-14(18)22(10)21-7)9-3-2-8(6-17)5-11(9)23-13(15)16/h2-5,13H,1H3,(H2,18,20). The minimum absolute atomic E-state index is 0.0711. The Kier molecular flexibility index (Phi) is 3.50. The summed E-state index contributed by atoms with van der Waals surface area (Å²) in [6.07, 6.45) is 0. The molecule has 0 saturated carbocycles. The normalized spacial score (nSPS) is 10.9. The number of alkyl halides is 2. The van der Waals surface area contributed by atoms with Crippen LogP contribution in [0.2, 0.25) is 0 Å². The number of benzene rings is 1. The lowest BCUT2D eigenvalue weighted by Gasteiger charge is -2.11. The first-order chi connectivity index (χ1) is 11.0. The molecule has 0 atom stereocenters. The van der Waals surface area contributed by atoms with Crippen molar-refractivity contribution in [3.8, 4) is 23.1 Å². The summed E-state index contributed by atoms with van der Waals surface area (Å²) in [5.74, 6) is -0.0966. The fraction of sp³-hybridized carbons (Fsp3) is 0.143. The number of nitrogens with two attached hydrogens (primary N) is 1. The van der Waals surface area contributed by atoms with Crippen LogP contribution < -0.4 is 10.5 Å². The number of nitrogens with zero attached hydrogens (tertiary/aromatic N) is 5. The van der Waals surface area contributed by atoms with E-state index in [2.05, 4.69) is 20.0 Å². The van der Waals surface area contributed by atoms with E-state index in [0.717, 1.165) is 0 Å². The van der Waals surface area contributed by atoms with E-state index in [-0.39, 0.29) is 28.5 Å². The number of halogens is 2. The highest BCUT2D eigenvalue weighted by molar-refractivity contribution is 5.81. The lowest BCUT2D eigenvalue weighted by Crippen LogP contribution is -2.07. The Hall–Kier alpha value is -3.28. The second kappa shape index (κ2) is 5.49. The molecule has 0 radical (unpaired) electrons. The number of ether oxygens (including phenoxy) is 1. The van der Waals surface area contributed by atoms with Gasteiger partial charge < -0.3 is 10.5 Å². The molecule has 3 rings (SSSR count). The van der Waals surface area contributed by atoms with E-state index in [1.165, 1.54) is 22.7 Å². The third-order valence-corrected chi connectivity index (χ3v) is 3.13. The summed E-state index contributed by atoms with van der Waals surface area (Å²) < 4.78 is 31.2. The minimum Gasteiger partial charge on any atom is -0.434 e. The molecule has 0 aliphatic carbocycles. The second-order valence-electron chi connectivity index (χ2n) is 4.69. The monoisotopic (exact) mass is 316 g/mol. The molecule has 2 aromatic heterocycles. The van der Waals surface area contributed by atoms with Crippen molar-refractivity contribution in [1.82, 2.24) is 19.8 Å². The van der Waals surface area contributed by atoms with Crippen molar-refractivity contribution in [1.29, 1.82) is 5.26 Å².